The van der Waals surface area contributed by atoms with E-state index in [9.17, 15) is 4.79 Å². The van der Waals surface area contributed by atoms with Gasteiger partial charge < -0.3 is 9.64 Å². The highest BCUT2D eigenvalue weighted by atomic mass is 16.5. The molecule has 0 saturated carbocycles. The van der Waals surface area contributed by atoms with Gasteiger partial charge in [-0.2, -0.15) is 0 Å². The van der Waals surface area contributed by atoms with Crippen LogP contribution in [0.15, 0.2) is 48.5 Å². The summed E-state index contributed by atoms with van der Waals surface area (Å²) in [6, 6.07) is 15.6. The molecule has 3 rings (SSSR count). The van der Waals surface area contributed by atoms with Crippen LogP contribution in [0, 0.1) is 6.92 Å². The van der Waals surface area contributed by atoms with Crippen molar-refractivity contribution in [1.82, 2.24) is 0 Å². The van der Waals surface area contributed by atoms with E-state index in [0.29, 0.717) is 5.56 Å². The first-order valence-electron chi connectivity index (χ1n) is 5.87. The summed E-state index contributed by atoms with van der Waals surface area (Å²) in [7, 11) is 0. The number of nitrogens with zero attached hydrogens (tertiary/aromatic N) is 1. The Morgan fingerprint density at radius 3 is 2.44 bits per heavy atom. The Kier molecular flexibility index (Phi) is 2.52. The highest BCUT2D eigenvalue weighted by Gasteiger charge is 2.25. The van der Waals surface area contributed by atoms with Gasteiger partial charge in [0.05, 0.1) is 11.3 Å². The first kappa shape index (κ1) is 10.8. The van der Waals surface area contributed by atoms with Crippen LogP contribution in [0.25, 0.3) is 0 Å². The molecule has 1 heterocycles. The van der Waals surface area contributed by atoms with Crippen molar-refractivity contribution in [3.63, 3.8) is 0 Å². The van der Waals surface area contributed by atoms with Crippen LogP contribution >= 0.6 is 0 Å². The Hall–Kier alpha value is -2.29. The number of hydrogen-bond donors (Lipinski definition) is 0. The number of cyclic esters (lactones) is 1. The average molecular weight is 239 g/mol. The molecule has 0 atom stereocenters. The number of ether oxygens (including phenoxy) is 1. The van der Waals surface area contributed by atoms with Crippen molar-refractivity contribution >= 4 is 17.3 Å². The highest BCUT2D eigenvalue weighted by Crippen LogP contribution is 2.33. The Morgan fingerprint density at radius 1 is 1.00 bits per heavy atom. The SMILES string of the molecule is Cc1ccccc1N1COC(=O)c2ccccc21. The van der Waals surface area contributed by atoms with Crippen LogP contribution < -0.4 is 4.90 Å². The van der Waals surface area contributed by atoms with E-state index in [4.69, 9.17) is 4.74 Å². The van der Waals surface area contributed by atoms with Gasteiger partial charge in [0.2, 0.25) is 0 Å². The summed E-state index contributed by atoms with van der Waals surface area (Å²) in [5, 5.41) is 0. The fourth-order valence-electron chi connectivity index (χ4n) is 2.22. The normalized spacial score (nSPS) is 14.1. The second kappa shape index (κ2) is 4.18. The molecule has 0 spiro atoms. The zero-order valence-electron chi connectivity index (χ0n) is 10.1. The molecule has 18 heavy (non-hydrogen) atoms. The summed E-state index contributed by atoms with van der Waals surface area (Å²) in [5.41, 5.74) is 3.75. The lowest BCUT2D eigenvalue weighted by Gasteiger charge is -2.31. The molecular weight excluding hydrogens is 226 g/mol. The number of esters is 1. The maximum absolute atomic E-state index is 11.7. The van der Waals surface area contributed by atoms with E-state index in [2.05, 4.69) is 0 Å². The monoisotopic (exact) mass is 239 g/mol. The van der Waals surface area contributed by atoms with Gasteiger partial charge in [-0.3, -0.25) is 0 Å². The summed E-state index contributed by atoms with van der Waals surface area (Å²) in [4.78, 5) is 13.7. The van der Waals surface area contributed by atoms with Gasteiger partial charge in [0.1, 0.15) is 0 Å². The van der Waals surface area contributed by atoms with Crippen LogP contribution in [0.1, 0.15) is 15.9 Å². The molecule has 2 aromatic rings. The van der Waals surface area contributed by atoms with Crippen molar-refractivity contribution in [2.45, 2.75) is 6.92 Å². The van der Waals surface area contributed by atoms with Gasteiger partial charge in [0.15, 0.2) is 6.73 Å². The van der Waals surface area contributed by atoms with E-state index in [0.717, 1.165) is 16.9 Å². The third kappa shape index (κ3) is 1.64. The minimum absolute atomic E-state index is 0.254. The predicted molar refractivity (Wildman–Crippen MR) is 70.0 cm³/mol. The number of carbonyl (C=O) groups excluding carboxylic acids is 1. The molecule has 3 heteroatoms. The zero-order chi connectivity index (χ0) is 12.5. The lowest BCUT2D eigenvalue weighted by Crippen LogP contribution is -2.30. The van der Waals surface area contributed by atoms with Crippen LogP contribution in [0.5, 0.6) is 0 Å². The number of rotatable bonds is 1. The van der Waals surface area contributed by atoms with Gasteiger partial charge in [-0.1, -0.05) is 30.3 Å². The Morgan fingerprint density at radius 2 is 1.67 bits per heavy atom. The Bertz CT molecular complexity index is 607. The molecular formula is C15H13NO2. The topological polar surface area (TPSA) is 29.5 Å². The van der Waals surface area contributed by atoms with Crippen molar-refractivity contribution < 1.29 is 9.53 Å². The molecule has 0 radical (unpaired) electrons. The van der Waals surface area contributed by atoms with Crippen LogP contribution in [-0.2, 0) is 4.74 Å². The predicted octanol–water partition coefficient (Wildman–Crippen LogP) is 3.26. The van der Waals surface area contributed by atoms with Crippen molar-refractivity contribution in [3.05, 3.63) is 59.7 Å². The maximum Gasteiger partial charge on any atom is 0.342 e. The van der Waals surface area contributed by atoms with Crippen molar-refractivity contribution in [1.29, 1.82) is 0 Å². The second-order valence-electron chi connectivity index (χ2n) is 4.29. The Balaban J connectivity index is 2.13. The summed E-state index contributed by atoms with van der Waals surface area (Å²) < 4.78 is 5.21. The number of fused-ring (bicyclic) bond motifs is 1. The molecule has 0 amide bonds. The summed E-state index contributed by atoms with van der Waals surface area (Å²) in [6.07, 6.45) is 0. The van der Waals surface area contributed by atoms with E-state index in [-0.39, 0.29) is 12.7 Å². The number of benzene rings is 2. The molecule has 0 saturated heterocycles. The third-order valence-corrected chi connectivity index (χ3v) is 3.15. The molecule has 0 fully saturated rings. The summed E-state index contributed by atoms with van der Waals surface area (Å²) in [6.45, 7) is 2.31. The molecule has 0 N–H and O–H groups in total. The highest BCUT2D eigenvalue weighted by molar-refractivity contribution is 5.98. The molecule has 0 bridgehead atoms. The molecule has 1 aliphatic rings. The second-order valence-corrected chi connectivity index (χ2v) is 4.29. The minimum atomic E-state index is -0.254. The van der Waals surface area contributed by atoms with Gasteiger partial charge in [0, 0.05) is 5.69 Å². The van der Waals surface area contributed by atoms with Crippen LogP contribution in [0.2, 0.25) is 0 Å². The number of anilines is 2. The van der Waals surface area contributed by atoms with Gasteiger partial charge >= 0.3 is 5.97 Å². The first-order valence-corrected chi connectivity index (χ1v) is 5.87. The van der Waals surface area contributed by atoms with Crippen molar-refractivity contribution in [2.75, 3.05) is 11.6 Å². The zero-order valence-corrected chi connectivity index (χ0v) is 10.1. The molecule has 90 valence electrons. The van der Waals surface area contributed by atoms with E-state index in [1.165, 1.54) is 0 Å². The number of carbonyl (C=O) groups is 1. The molecule has 2 aromatic carbocycles. The molecule has 0 unspecified atom stereocenters. The Labute approximate surface area is 106 Å². The van der Waals surface area contributed by atoms with E-state index >= 15 is 0 Å². The van der Waals surface area contributed by atoms with Gasteiger partial charge in [0.25, 0.3) is 0 Å². The lowest BCUT2D eigenvalue weighted by molar-refractivity contribution is 0.0493. The van der Waals surface area contributed by atoms with E-state index in [1.54, 1.807) is 6.07 Å². The first-order chi connectivity index (χ1) is 8.77. The third-order valence-electron chi connectivity index (χ3n) is 3.15. The fourth-order valence-corrected chi connectivity index (χ4v) is 2.22. The smallest absolute Gasteiger partial charge is 0.342 e. The molecule has 0 aliphatic carbocycles. The molecule has 3 nitrogen and oxygen atoms in total. The number of para-hydroxylation sites is 2. The quantitative estimate of drug-likeness (QED) is 0.715. The number of hydrogen-bond acceptors (Lipinski definition) is 3. The summed E-state index contributed by atoms with van der Waals surface area (Å²) in [5.74, 6) is -0.254. The molecule has 0 aromatic heterocycles. The van der Waals surface area contributed by atoms with Crippen molar-refractivity contribution in [2.24, 2.45) is 0 Å². The molecule has 1 aliphatic heterocycles. The minimum Gasteiger partial charge on any atom is -0.440 e. The maximum atomic E-state index is 11.7. The average Bonchev–Trinajstić information content (AvgIpc) is 2.41. The van der Waals surface area contributed by atoms with E-state index < -0.39 is 0 Å². The largest absolute Gasteiger partial charge is 0.440 e. The van der Waals surface area contributed by atoms with Gasteiger partial charge in [-0.25, -0.2) is 4.79 Å². The van der Waals surface area contributed by atoms with Crippen molar-refractivity contribution in [3.8, 4) is 0 Å². The van der Waals surface area contributed by atoms with Crippen LogP contribution in [0.4, 0.5) is 11.4 Å². The standard InChI is InChI=1S/C15H13NO2/c1-11-6-2-4-8-13(11)16-10-18-15(17)12-7-3-5-9-14(12)16/h2-9H,10H2,1H3. The summed E-state index contributed by atoms with van der Waals surface area (Å²) >= 11 is 0. The number of aryl methyl sites for hydroxylation is 1. The van der Waals surface area contributed by atoms with Gasteiger partial charge in [-0.15, -0.1) is 0 Å². The van der Waals surface area contributed by atoms with E-state index in [1.807, 2.05) is 54.3 Å². The van der Waals surface area contributed by atoms with Gasteiger partial charge in [-0.05, 0) is 30.7 Å². The van der Waals surface area contributed by atoms with Crippen LogP contribution in [0.3, 0.4) is 0 Å². The lowest BCUT2D eigenvalue weighted by atomic mass is 10.1. The fraction of sp³-hybridized carbons (Fsp3) is 0.133. The van der Waals surface area contributed by atoms with Crippen LogP contribution in [-0.4, -0.2) is 12.7 Å².